The van der Waals surface area contributed by atoms with Crippen LogP contribution in [0.2, 0.25) is 0 Å². The van der Waals surface area contributed by atoms with Gasteiger partial charge in [0.15, 0.2) is 12.0 Å². The van der Waals surface area contributed by atoms with Gasteiger partial charge < -0.3 is 10.2 Å². The van der Waals surface area contributed by atoms with Crippen molar-refractivity contribution in [2.75, 3.05) is 0 Å². The number of pyridine rings is 1. The summed E-state index contributed by atoms with van der Waals surface area (Å²) < 4.78 is 5.30. The van der Waals surface area contributed by atoms with E-state index in [0.717, 1.165) is 27.8 Å². The molecule has 0 unspecified atom stereocenters. The highest BCUT2D eigenvalue weighted by molar-refractivity contribution is 5.80. The highest BCUT2D eigenvalue weighted by Gasteiger charge is 2.06. The number of fused-ring (bicyclic) bond motifs is 1. The lowest BCUT2D eigenvalue weighted by Crippen LogP contribution is -1.99. The molecule has 4 heteroatoms. The van der Waals surface area contributed by atoms with Crippen molar-refractivity contribution in [2.24, 2.45) is 5.73 Å². The Morgan fingerprint density at radius 1 is 1.24 bits per heavy atom. The number of hydrogen-bond donors (Lipinski definition) is 1. The molecule has 0 aliphatic carbocycles. The van der Waals surface area contributed by atoms with Gasteiger partial charge in [0, 0.05) is 18.9 Å². The summed E-state index contributed by atoms with van der Waals surface area (Å²) in [6.45, 7) is 0.470. The van der Waals surface area contributed by atoms with Crippen LogP contribution in [0.25, 0.3) is 22.2 Å². The SMILES string of the molecule is NCc1cnccc1-c1ccc2ncoc2c1. The lowest BCUT2D eigenvalue weighted by atomic mass is 10.0. The van der Waals surface area contributed by atoms with E-state index in [1.54, 1.807) is 12.4 Å². The molecule has 84 valence electrons. The van der Waals surface area contributed by atoms with E-state index in [-0.39, 0.29) is 0 Å². The molecule has 1 aromatic carbocycles. The molecule has 2 heterocycles. The van der Waals surface area contributed by atoms with Gasteiger partial charge in [0.1, 0.15) is 5.52 Å². The van der Waals surface area contributed by atoms with E-state index in [1.807, 2.05) is 24.3 Å². The number of aromatic nitrogens is 2. The van der Waals surface area contributed by atoms with Crippen LogP contribution in [0.15, 0.2) is 47.5 Å². The van der Waals surface area contributed by atoms with Gasteiger partial charge in [-0.25, -0.2) is 4.98 Å². The van der Waals surface area contributed by atoms with Crippen LogP contribution >= 0.6 is 0 Å². The molecule has 0 amide bonds. The van der Waals surface area contributed by atoms with Crippen LogP contribution in [0.1, 0.15) is 5.56 Å². The highest BCUT2D eigenvalue weighted by Crippen LogP contribution is 2.26. The van der Waals surface area contributed by atoms with E-state index < -0.39 is 0 Å². The standard InChI is InChI=1S/C13H11N3O/c14-6-10-7-15-4-3-11(10)9-1-2-12-13(5-9)17-8-16-12/h1-5,7-8H,6,14H2. The van der Waals surface area contributed by atoms with Gasteiger partial charge in [-0.2, -0.15) is 0 Å². The number of rotatable bonds is 2. The summed E-state index contributed by atoms with van der Waals surface area (Å²) in [6.07, 6.45) is 5.00. The van der Waals surface area contributed by atoms with Crippen molar-refractivity contribution in [3.8, 4) is 11.1 Å². The molecule has 0 saturated heterocycles. The molecule has 17 heavy (non-hydrogen) atoms. The van der Waals surface area contributed by atoms with E-state index in [1.165, 1.54) is 6.39 Å². The van der Waals surface area contributed by atoms with Crippen LogP contribution in [0.4, 0.5) is 0 Å². The minimum Gasteiger partial charge on any atom is -0.443 e. The quantitative estimate of drug-likeness (QED) is 0.727. The second-order valence-electron chi connectivity index (χ2n) is 3.77. The van der Waals surface area contributed by atoms with E-state index in [4.69, 9.17) is 10.2 Å². The fraction of sp³-hybridized carbons (Fsp3) is 0.0769. The molecule has 0 fully saturated rings. The van der Waals surface area contributed by atoms with Crippen molar-refractivity contribution in [2.45, 2.75) is 6.54 Å². The summed E-state index contributed by atoms with van der Waals surface area (Å²) in [5, 5.41) is 0. The number of benzene rings is 1. The zero-order valence-electron chi connectivity index (χ0n) is 9.13. The summed E-state index contributed by atoms with van der Waals surface area (Å²) >= 11 is 0. The Bertz CT molecular complexity index is 660. The van der Waals surface area contributed by atoms with Gasteiger partial charge in [-0.15, -0.1) is 0 Å². The summed E-state index contributed by atoms with van der Waals surface area (Å²) in [5.41, 5.74) is 10.5. The van der Waals surface area contributed by atoms with Crippen molar-refractivity contribution < 1.29 is 4.42 Å². The third-order valence-corrected chi connectivity index (χ3v) is 2.77. The molecule has 3 rings (SSSR count). The van der Waals surface area contributed by atoms with E-state index in [0.29, 0.717) is 6.54 Å². The molecule has 4 nitrogen and oxygen atoms in total. The first-order chi connectivity index (χ1) is 8.38. The molecule has 2 N–H and O–H groups in total. The summed E-state index contributed by atoms with van der Waals surface area (Å²) in [5.74, 6) is 0. The van der Waals surface area contributed by atoms with Gasteiger partial charge in [-0.3, -0.25) is 4.98 Å². The molecule has 0 saturated carbocycles. The van der Waals surface area contributed by atoms with Crippen LogP contribution in [-0.4, -0.2) is 9.97 Å². The Morgan fingerprint density at radius 2 is 2.18 bits per heavy atom. The zero-order valence-corrected chi connectivity index (χ0v) is 9.13. The highest BCUT2D eigenvalue weighted by atomic mass is 16.3. The monoisotopic (exact) mass is 225 g/mol. The van der Waals surface area contributed by atoms with Gasteiger partial charge in [0.25, 0.3) is 0 Å². The minimum absolute atomic E-state index is 0.470. The lowest BCUT2D eigenvalue weighted by molar-refractivity contribution is 0.602. The maximum Gasteiger partial charge on any atom is 0.181 e. The first kappa shape index (κ1) is 9.99. The predicted molar refractivity (Wildman–Crippen MR) is 65.1 cm³/mol. The first-order valence-electron chi connectivity index (χ1n) is 5.35. The Morgan fingerprint density at radius 3 is 3.06 bits per heavy atom. The van der Waals surface area contributed by atoms with Crippen molar-refractivity contribution in [3.05, 3.63) is 48.6 Å². The van der Waals surface area contributed by atoms with Crippen molar-refractivity contribution >= 4 is 11.1 Å². The zero-order chi connectivity index (χ0) is 11.7. The predicted octanol–water partition coefficient (Wildman–Crippen LogP) is 2.35. The topological polar surface area (TPSA) is 64.9 Å². The summed E-state index contributed by atoms with van der Waals surface area (Å²) in [6, 6.07) is 7.88. The number of nitrogens with two attached hydrogens (primary N) is 1. The third kappa shape index (κ3) is 1.68. The second kappa shape index (κ2) is 3.99. The van der Waals surface area contributed by atoms with Crippen molar-refractivity contribution in [3.63, 3.8) is 0 Å². The molecule has 2 aromatic heterocycles. The normalized spacial score (nSPS) is 10.9. The molecule has 3 aromatic rings. The fourth-order valence-electron chi connectivity index (χ4n) is 1.89. The van der Waals surface area contributed by atoms with Crippen LogP contribution < -0.4 is 5.73 Å². The molecule has 0 spiro atoms. The lowest BCUT2D eigenvalue weighted by Gasteiger charge is -2.06. The molecule has 0 atom stereocenters. The Balaban J connectivity index is 2.19. The van der Waals surface area contributed by atoms with Gasteiger partial charge in [-0.05, 0) is 34.9 Å². The number of hydrogen-bond acceptors (Lipinski definition) is 4. The Kier molecular flexibility index (Phi) is 2.34. The van der Waals surface area contributed by atoms with Crippen LogP contribution in [0.3, 0.4) is 0 Å². The second-order valence-corrected chi connectivity index (χ2v) is 3.77. The largest absolute Gasteiger partial charge is 0.443 e. The molecular formula is C13H11N3O. The third-order valence-electron chi connectivity index (χ3n) is 2.77. The van der Waals surface area contributed by atoms with Gasteiger partial charge in [0.05, 0.1) is 0 Å². The molecular weight excluding hydrogens is 214 g/mol. The maximum atomic E-state index is 5.70. The Labute approximate surface area is 98.1 Å². The number of nitrogens with zero attached hydrogens (tertiary/aromatic N) is 2. The van der Waals surface area contributed by atoms with Crippen LogP contribution in [0.5, 0.6) is 0 Å². The number of oxazole rings is 1. The average Bonchev–Trinajstić information content (AvgIpc) is 2.85. The summed E-state index contributed by atoms with van der Waals surface area (Å²) in [4.78, 5) is 8.17. The molecule has 0 aliphatic rings. The van der Waals surface area contributed by atoms with Gasteiger partial charge >= 0.3 is 0 Å². The molecule has 0 bridgehead atoms. The maximum absolute atomic E-state index is 5.70. The van der Waals surface area contributed by atoms with Crippen LogP contribution in [0, 0.1) is 0 Å². The average molecular weight is 225 g/mol. The Hall–Kier alpha value is -2.20. The van der Waals surface area contributed by atoms with E-state index in [9.17, 15) is 0 Å². The van der Waals surface area contributed by atoms with E-state index in [2.05, 4.69) is 9.97 Å². The minimum atomic E-state index is 0.470. The molecule has 0 radical (unpaired) electrons. The smallest absolute Gasteiger partial charge is 0.181 e. The van der Waals surface area contributed by atoms with Crippen molar-refractivity contribution in [1.29, 1.82) is 0 Å². The summed E-state index contributed by atoms with van der Waals surface area (Å²) in [7, 11) is 0. The van der Waals surface area contributed by atoms with Crippen LogP contribution in [-0.2, 0) is 6.54 Å². The van der Waals surface area contributed by atoms with Gasteiger partial charge in [0.2, 0.25) is 0 Å². The first-order valence-corrected chi connectivity index (χ1v) is 5.35. The fourth-order valence-corrected chi connectivity index (χ4v) is 1.89. The van der Waals surface area contributed by atoms with Gasteiger partial charge in [-0.1, -0.05) is 6.07 Å². The molecule has 0 aliphatic heterocycles. The van der Waals surface area contributed by atoms with E-state index >= 15 is 0 Å². The van der Waals surface area contributed by atoms with Crippen molar-refractivity contribution in [1.82, 2.24) is 9.97 Å².